The first-order valence-electron chi connectivity index (χ1n) is 5.22. The smallest absolute Gasteiger partial charge is 0.393 e. The van der Waals surface area contributed by atoms with Gasteiger partial charge in [0.1, 0.15) is 0 Å². The fourth-order valence-corrected chi connectivity index (χ4v) is 1.44. The highest BCUT2D eigenvalue weighted by Crippen LogP contribution is 2.19. The first-order chi connectivity index (χ1) is 7.62. The number of hydrogen-bond donors (Lipinski definition) is 0. The average Bonchev–Trinajstić information content (AvgIpc) is 2.30. The Morgan fingerprint density at radius 2 is 2.06 bits per heavy atom. The largest absolute Gasteiger partial charge is 0.460 e. The molecule has 0 saturated carbocycles. The molecule has 1 atom stereocenters. The van der Waals surface area contributed by atoms with Crippen LogP contribution in [0.25, 0.3) is 4.85 Å². The second kappa shape index (κ2) is 5.32. The predicted octanol–water partition coefficient (Wildman–Crippen LogP) is 2.47. The van der Waals surface area contributed by atoms with E-state index in [0.717, 1.165) is 5.56 Å². The molecule has 1 aromatic rings. The lowest BCUT2D eigenvalue weighted by atomic mass is 9.94. The van der Waals surface area contributed by atoms with Gasteiger partial charge in [-0.05, 0) is 12.5 Å². The van der Waals surface area contributed by atoms with Gasteiger partial charge in [0, 0.05) is 6.92 Å². The van der Waals surface area contributed by atoms with Crippen LogP contribution < -0.4 is 0 Å². The number of hydrogen-bond acceptors (Lipinski definition) is 2. The van der Waals surface area contributed by atoms with Gasteiger partial charge in [0.2, 0.25) is 0 Å². The lowest BCUT2D eigenvalue weighted by Gasteiger charge is -2.15. The van der Waals surface area contributed by atoms with Crippen molar-refractivity contribution in [3.63, 3.8) is 0 Å². The van der Waals surface area contributed by atoms with E-state index in [2.05, 4.69) is 4.85 Å². The standard InChI is InChI=1S/C13H15NO2/c1-4-16-12(15)13(2,14-3)10-11-8-6-5-7-9-11/h5-9H,4,10H2,1-2H3/t13-/m1/s1. The predicted molar refractivity (Wildman–Crippen MR) is 61.8 cm³/mol. The van der Waals surface area contributed by atoms with Crippen LogP contribution in [0.15, 0.2) is 30.3 Å². The van der Waals surface area contributed by atoms with E-state index >= 15 is 0 Å². The van der Waals surface area contributed by atoms with Gasteiger partial charge in [-0.15, -0.1) is 0 Å². The van der Waals surface area contributed by atoms with Crippen molar-refractivity contribution in [3.05, 3.63) is 47.3 Å². The van der Waals surface area contributed by atoms with Crippen molar-refractivity contribution < 1.29 is 9.53 Å². The number of esters is 1. The van der Waals surface area contributed by atoms with Gasteiger partial charge in [0.15, 0.2) is 0 Å². The Balaban J connectivity index is 2.83. The van der Waals surface area contributed by atoms with Gasteiger partial charge in [0.25, 0.3) is 0 Å². The monoisotopic (exact) mass is 217 g/mol. The van der Waals surface area contributed by atoms with Crippen molar-refractivity contribution in [1.82, 2.24) is 0 Å². The Morgan fingerprint density at radius 1 is 1.44 bits per heavy atom. The summed E-state index contributed by atoms with van der Waals surface area (Å²) in [6, 6.07) is 9.50. The summed E-state index contributed by atoms with van der Waals surface area (Å²) >= 11 is 0. The molecule has 0 N–H and O–H groups in total. The fraction of sp³-hybridized carbons (Fsp3) is 0.385. The summed E-state index contributed by atoms with van der Waals surface area (Å²) < 4.78 is 4.92. The third kappa shape index (κ3) is 2.83. The SMILES string of the molecule is [C-]#[N+][C@](C)(Cc1ccccc1)C(=O)OCC. The molecule has 3 heteroatoms. The van der Waals surface area contributed by atoms with E-state index in [1.807, 2.05) is 30.3 Å². The maximum Gasteiger partial charge on any atom is 0.393 e. The molecule has 16 heavy (non-hydrogen) atoms. The van der Waals surface area contributed by atoms with Crippen LogP contribution in [0.5, 0.6) is 0 Å². The number of nitrogens with zero attached hydrogens (tertiary/aromatic N) is 1. The second-order valence-electron chi connectivity index (χ2n) is 3.77. The molecule has 0 bridgehead atoms. The molecule has 1 rings (SSSR count). The van der Waals surface area contributed by atoms with Gasteiger partial charge >= 0.3 is 11.5 Å². The maximum atomic E-state index is 11.7. The minimum Gasteiger partial charge on any atom is -0.460 e. The van der Waals surface area contributed by atoms with Gasteiger partial charge in [-0.3, -0.25) is 4.85 Å². The molecule has 0 saturated heterocycles. The average molecular weight is 217 g/mol. The third-order valence-corrected chi connectivity index (χ3v) is 2.35. The second-order valence-corrected chi connectivity index (χ2v) is 3.77. The van der Waals surface area contributed by atoms with Crippen LogP contribution >= 0.6 is 0 Å². The molecule has 0 fully saturated rings. The van der Waals surface area contributed by atoms with Crippen LogP contribution in [0, 0.1) is 6.57 Å². The molecular weight excluding hydrogens is 202 g/mol. The zero-order valence-electron chi connectivity index (χ0n) is 9.56. The van der Waals surface area contributed by atoms with Crippen molar-refractivity contribution in [2.75, 3.05) is 6.61 Å². The van der Waals surface area contributed by atoms with Crippen molar-refractivity contribution in [3.8, 4) is 0 Å². The number of carbonyl (C=O) groups excluding carboxylic acids is 1. The van der Waals surface area contributed by atoms with Crippen molar-refractivity contribution in [2.45, 2.75) is 25.8 Å². The summed E-state index contributed by atoms with van der Waals surface area (Å²) in [4.78, 5) is 15.1. The van der Waals surface area contributed by atoms with Crippen LogP contribution in [0.2, 0.25) is 0 Å². The number of carbonyl (C=O) groups is 1. The topological polar surface area (TPSA) is 30.7 Å². The van der Waals surface area contributed by atoms with Gasteiger partial charge in [-0.1, -0.05) is 30.3 Å². The van der Waals surface area contributed by atoms with Gasteiger partial charge in [-0.25, -0.2) is 11.4 Å². The lowest BCUT2D eigenvalue weighted by Crippen LogP contribution is -2.35. The van der Waals surface area contributed by atoms with E-state index in [4.69, 9.17) is 11.3 Å². The Morgan fingerprint density at radius 3 is 2.56 bits per heavy atom. The molecule has 84 valence electrons. The first kappa shape index (κ1) is 12.3. The van der Waals surface area contributed by atoms with Crippen molar-refractivity contribution in [1.29, 1.82) is 0 Å². The third-order valence-electron chi connectivity index (χ3n) is 2.35. The summed E-state index contributed by atoms with van der Waals surface area (Å²) in [6.45, 7) is 10.8. The lowest BCUT2D eigenvalue weighted by molar-refractivity contribution is -0.147. The Bertz CT molecular complexity index is 394. The van der Waals surface area contributed by atoms with Crippen LogP contribution in [0.4, 0.5) is 0 Å². The highest BCUT2D eigenvalue weighted by molar-refractivity contribution is 5.83. The quantitative estimate of drug-likeness (QED) is 0.573. The Kier molecular flexibility index (Phi) is 4.07. The summed E-state index contributed by atoms with van der Waals surface area (Å²) in [5.41, 5.74) is -0.147. The first-order valence-corrected chi connectivity index (χ1v) is 5.22. The van der Waals surface area contributed by atoms with Crippen molar-refractivity contribution in [2.24, 2.45) is 0 Å². The van der Waals surface area contributed by atoms with Gasteiger partial charge in [0.05, 0.1) is 13.0 Å². The summed E-state index contributed by atoms with van der Waals surface area (Å²) in [5, 5.41) is 0. The Labute approximate surface area is 95.9 Å². The highest BCUT2D eigenvalue weighted by atomic mass is 16.5. The zero-order chi connectivity index (χ0) is 12.0. The molecule has 0 aliphatic heterocycles. The van der Waals surface area contributed by atoms with Gasteiger partial charge in [-0.2, -0.15) is 0 Å². The van der Waals surface area contributed by atoms with Crippen LogP contribution in [0.1, 0.15) is 19.4 Å². The van der Waals surface area contributed by atoms with E-state index in [1.165, 1.54) is 0 Å². The molecule has 0 aromatic heterocycles. The molecular formula is C13H15NO2. The number of ether oxygens (including phenoxy) is 1. The number of rotatable bonds is 4. The molecule has 0 spiro atoms. The van der Waals surface area contributed by atoms with E-state index in [-0.39, 0.29) is 0 Å². The minimum absolute atomic E-state index is 0.304. The molecule has 0 radical (unpaired) electrons. The van der Waals surface area contributed by atoms with Gasteiger partial charge < -0.3 is 4.74 Å². The van der Waals surface area contributed by atoms with Crippen molar-refractivity contribution >= 4 is 5.97 Å². The fourth-order valence-electron chi connectivity index (χ4n) is 1.44. The molecule has 0 aliphatic rings. The van der Waals surface area contributed by atoms with E-state index in [1.54, 1.807) is 13.8 Å². The molecule has 3 nitrogen and oxygen atoms in total. The maximum absolute atomic E-state index is 11.7. The molecule has 0 amide bonds. The minimum atomic E-state index is -1.11. The summed E-state index contributed by atoms with van der Waals surface area (Å²) in [7, 11) is 0. The number of benzene rings is 1. The Hall–Kier alpha value is -1.82. The molecule has 0 aliphatic carbocycles. The highest BCUT2D eigenvalue weighted by Gasteiger charge is 2.41. The normalized spacial score (nSPS) is 13.6. The van der Waals surface area contributed by atoms with Crippen LogP contribution in [-0.4, -0.2) is 18.1 Å². The summed E-state index contributed by atoms with van der Waals surface area (Å²) in [6.07, 6.45) is 0.385. The van der Waals surface area contributed by atoms with E-state index < -0.39 is 11.5 Å². The zero-order valence-corrected chi connectivity index (χ0v) is 9.56. The summed E-state index contributed by atoms with van der Waals surface area (Å²) in [5.74, 6) is -0.450. The molecule has 0 heterocycles. The molecule has 0 unspecified atom stereocenters. The van der Waals surface area contributed by atoms with Crippen LogP contribution in [0.3, 0.4) is 0 Å². The van der Waals surface area contributed by atoms with E-state index in [0.29, 0.717) is 13.0 Å². The van der Waals surface area contributed by atoms with Crippen LogP contribution in [-0.2, 0) is 16.0 Å². The molecule has 1 aromatic carbocycles. The van der Waals surface area contributed by atoms with E-state index in [9.17, 15) is 4.79 Å².